The molecule has 6 heteroatoms. The summed E-state index contributed by atoms with van der Waals surface area (Å²) >= 11 is 0. The molecule has 0 spiro atoms. The number of ether oxygens (including phenoxy) is 1. The molecule has 2 rings (SSSR count). The maximum absolute atomic E-state index is 12.0. The minimum atomic E-state index is -0.857. The number of nitrogens with zero attached hydrogens (tertiary/aromatic N) is 1. The first-order chi connectivity index (χ1) is 10.0. The van der Waals surface area contributed by atoms with Crippen LogP contribution in [0.5, 0.6) is 5.75 Å². The van der Waals surface area contributed by atoms with E-state index in [1.165, 1.54) is 0 Å². The predicted molar refractivity (Wildman–Crippen MR) is 83.6 cm³/mol. The molecule has 0 aliphatic carbocycles. The van der Waals surface area contributed by atoms with Gasteiger partial charge in [0.2, 0.25) is 5.91 Å². The van der Waals surface area contributed by atoms with Gasteiger partial charge < -0.3 is 9.64 Å². The minimum absolute atomic E-state index is 0.0879. The number of hydrogen-bond acceptors (Lipinski definition) is 4. The lowest BCUT2D eigenvalue weighted by Gasteiger charge is -2.25. The van der Waals surface area contributed by atoms with Crippen LogP contribution >= 0.6 is 0 Å². The van der Waals surface area contributed by atoms with Crippen LogP contribution < -0.4 is 10.1 Å². The van der Waals surface area contributed by atoms with Gasteiger partial charge in [0.25, 0.3) is 0 Å². The molecule has 1 fully saturated rings. The lowest BCUT2D eigenvalue weighted by molar-refractivity contribution is -0.128. The highest BCUT2D eigenvalue weighted by molar-refractivity contribution is 7.84. The highest BCUT2D eigenvalue weighted by Crippen LogP contribution is 2.25. The first-order valence-corrected chi connectivity index (χ1v) is 8.64. The number of methoxy groups -OCH3 is 1. The number of carbonyl (C=O) groups is 1. The van der Waals surface area contributed by atoms with Gasteiger partial charge in [0.1, 0.15) is 11.9 Å². The molecule has 0 radical (unpaired) electrons. The quantitative estimate of drug-likeness (QED) is 0.860. The number of benzene rings is 1. The third kappa shape index (κ3) is 3.83. The molecule has 3 unspecified atom stereocenters. The zero-order valence-corrected chi connectivity index (χ0v) is 13.5. The molecular formula is C15H22N2O3S. The van der Waals surface area contributed by atoms with Gasteiger partial charge in [-0.05, 0) is 24.1 Å². The van der Waals surface area contributed by atoms with Crippen molar-refractivity contribution in [3.63, 3.8) is 0 Å². The Balaban J connectivity index is 2.06. The van der Waals surface area contributed by atoms with Crippen LogP contribution in [0.15, 0.2) is 24.3 Å². The van der Waals surface area contributed by atoms with Crippen LogP contribution in [-0.4, -0.2) is 46.7 Å². The van der Waals surface area contributed by atoms with Crippen LogP contribution in [0, 0.1) is 0 Å². The molecule has 0 saturated carbocycles. The first-order valence-electron chi connectivity index (χ1n) is 7.02. The summed E-state index contributed by atoms with van der Waals surface area (Å²) in [7, 11) is 0.773. The van der Waals surface area contributed by atoms with Gasteiger partial charge in [-0.2, -0.15) is 0 Å². The number of carbonyl (C=O) groups excluding carboxylic acids is 1. The van der Waals surface area contributed by atoms with Gasteiger partial charge in [-0.25, -0.2) is 0 Å². The second kappa shape index (κ2) is 7.04. The van der Waals surface area contributed by atoms with Crippen molar-refractivity contribution < 1.29 is 13.7 Å². The van der Waals surface area contributed by atoms with Crippen molar-refractivity contribution in [2.24, 2.45) is 0 Å². The molecule has 0 aromatic heterocycles. The van der Waals surface area contributed by atoms with E-state index >= 15 is 0 Å². The van der Waals surface area contributed by atoms with E-state index in [0.29, 0.717) is 13.1 Å². The second-order valence-corrected chi connectivity index (χ2v) is 7.04. The van der Waals surface area contributed by atoms with E-state index < -0.39 is 10.8 Å². The SMILES string of the molecule is COc1ccc(C2NCC(=O)N2CCC(C)S(C)=O)cc1. The fourth-order valence-corrected chi connectivity index (χ4v) is 2.80. The molecule has 5 nitrogen and oxygen atoms in total. The lowest BCUT2D eigenvalue weighted by Crippen LogP contribution is -2.33. The Labute approximate surface area is 128 Å². The normalized spacial score (nSPS) is 21.4. The van der Waals surface area contributed by atoms with Crippen LogP contribution in [0.2, 0.25) is 0 Å². The maximum atomic E-state index is 12.0. The number of rotatable bonds is 6. The largest absolute Gasteiger partial charge is 0.497 e. The molecule has 1 aliphatic heterocycles. The summed E-state index contributed by atoms with van der Waals surface area (Å²) in [5, 5.41) is 3.32. The van der Waals surface area contributed by atoms with Crippen LogP contribution in [0.3, 0.4) is 0 Å². The van der Waals surface area contributed by atoms with Crippen molar-refractivity contribution >= 4 is 16.7 Å². The van der Waals surface area contributed by atoms with Crippen molar-refractivity contribution in [2.75, 3.05) is 26.5 Å². The summed E-state index contributed by atoms with van der Waals surface area (Å²) in [4.78, 5) is 13.9. The summed E-state index contributed by atoms with van der Waals surface area (Å²) in [6, 6.07) is 7.70. The van der Waals surface area contributed by atoms with E-state index in [0.717, 1.165) is 17.7 Å². The third-order valence-corrected chi connectivity index (χ3v) is 5.22. The van der Waals surface area contributed by atoms with Gasteiger partial charge in [0.15, 0.2) is 0 Å². The fraction of sp³-hybridized carbons (Fsp3) is 0.533. The Morgan fingerprint density at radius 2 is 2.10 bits per heavy atom. The van der Waals surface area contributed by atoms with Gasteiger partial charge in [-0.15, -0.1) is 0 Å². The highest BCUT2D eigenvalue weighted by atomic mass is 32.2. The molecule has 1 N–H and O–H groups in total. The zero-order valence-electron chi connectivity index (χ0n) is 12.7. The first kappa shape index (κ1) is 16.0. The van der Waals surface area contributed by atoms with Crippen LogP contribution in [-0.2, 0) is 15.6 Å². The Kier molecular flexibility index (Phi) is 5.36. The van der Waals surface area contributed by atoms with E-state index in [4.69, 9.17) is 4.74 Å². The van der Waals surface area contributed by atoms with Gasteiger partial charge in [0.05, 0.1) is 13.7 Å². The van der Waals surface area contributed by atoms with Crippen molar-refractivity contribution in [3.8, 4) is 5.75 Å². The van der Waals surface area contributed by atoms with E-state index in [1.54, 1.807) is 13.4 Å². The highest BCUT2D eigenvalue weighted by Gasteiger charge is 2.31. The van der Waals surface area contributed by atoms with Crippen molar-refractivity contribution in [1.29, 1.82) is 0 Å². The van der Waals surface area contributed by atoms with E-state index in [-0.39, 0.29) is 17.3 Å². The summed E-state index contributed by atoms with van der Waals surface area (Å²) in [5.41, 5.74) is 1.03. The minimum Gasteiger partial charge on any atom is -0.497 e. The lowest BCUT2D eigenvalue weighted by atomic mass is 10.1. The number of amides is 1. The molecule has 1 heterocycles. The average Bonchev–Trinajstić information content (AvgIpc) is 2.85. The molecule has 3 atom stereocenters. The van der Waals surface area contributed by atoms with Crippen LogP contribution in [0.4, 0.5) is 0 Å². The monoisotopic (exact) mass is 310 g/mol. The van der Waals surface area contributed by atoms with Gasteiger partial charge in [-0.1, -0.05) is 19.1 Å². The Morgan fingerprint density at radius 1 is 1.43 bits per heavy atom. The van der Waals surface area contributed by atoms with Crippen LogP contribution in [0.25, 0.3) is 0 Å². The Bertz CT molecular complexity index is 518. The predicted octanol–water partition coefficient (Wildman–Crippen LogP) is 1.28. The number of hydrogen-bond donors (Lipinski definition) is 1. The van der Waals surface area contributed by atoms with Gasteiger partial charge >= 0.3 is 0 Å². The zero-order chi connectivity index (χ0) is 15.4. The van der Waals surface area contributed by atoms with Crippen molar-refractivity contribution in [1.82, 2.24) is 10.2 Å². The molecular weight excluding hydrogens is 288 g/mol. The fourth-order valence-electron chi connectivity index (χ4n) is 2.36. The topological polar surface area (TPSA) is 58.6 Å². The summed E-state index contributed by atoms with van der Waals surface area (Å²) in [6.45, 7) is 2.91. The third-order valence-electron chi connectivity index (χ3n) is 3.85. The smallest absolute Gasteiger partial charge is 0.238 e. The molecule has 1 saturated heterocycles. The molecule has 0 bridgehead atoms. The molecule has 1 aromatic carbocycles. The molecule has 1 aromatic rings. The van der Waals surface area contributed by atoms with E-state index in [1.807, 2.05) is 36.1 Å². The van der Waals surface area contributed by atoms with Crippen molar-refractivity contribution in [3.05, 3.63) is 29.8 Å². The molecule has 1 aliphatic rings. The summed E-state index contributed by atoms with van der Waals surface area (Å²) in [6.07, 6.45) is 2.33. The Morgan fingerprint density at radius 3 is 2.67 bits per heavy atom. The van der Waals surface area contributed by atoms with Crippen LogP contribution in [0.1, 0.15) is 25.1 Å². The molecule has 21 heavy (non-hydrogen) atoms. The maximum Gasteiger partial charge on any atom is 0.238 e. The molecule has 1 amide bonds. The van der Waals surface area contributed by atoms with E-state index in [2.05, 4.69) is 5.32 Å². The Hall–Kier alpha value is -1.40. The van der Waals surface area contributed by atoms with Gasteiger partial charge in [0, 0.05) is 28.9 Å². The van der Waals surface area contributed by atoms with Gasteiger partial charge in [-0.3, -0.25) is 14.3 Å². The standard InChI is InChI=1S/C15H22N2O3S/c1-11(21(3)19)8-9-17-14(18)10-16-15(17)12-4-6-13(20-2)7-5-12/h4-7,11,15-16H,8-10H2,1-3H3. The van der Waals surface area contributed by atoms with E-state index in [9.17, 15) is 9.00 Å². The second-order valence-electron chi connectivity index (χ2n) is 5.24. The molecule has 116 valence electrons. The summed E-state index contributed by atoms with van der Waals surface area (Å²) in [5.74, 6) is 0.884. The number of nitrogens with one attached hydrogen (secondary N) is 1. The van der Waals surface area contributed by atoms with Crippen molar-refractivity contribution in [2.45, 2.75) is 24.8 Å². The summed E-state index contributed by atoms with van der Waals surface area (Å²) < 4.78 is 16.6. The average molecular weight is 310 g/mol.